The van der Waals surface area contributed by atoms with Crippen molar-refractivity contribution < 1.29 is 9.23 Å². The molecular formula is C9H10FNO. The van der Waals surface area contributed by atoms with E-state index in [2.05, 4.69) is 4.84 Å². The lowest BCUT2D eigenvalue weighted by atomic mass is 10.2. The molecule has 0 aromatic heterocycles. The Morgan fingerprint density at radius 1 is 1.42 bits per heavy atom. The number of hydrogen-bond donors (Lipinski definition) is 1. The van der Waals surface area contributed by atoms with Crippen molar-refractivity contribution in [3.63, 3.8) is 0 Å². The van der Waals surface area contributed by atoms with Crippen molar-refractivity contribution >= 4 is 6.08 Å². The minimum atomic E-state index is -0.245. The minimum absolute atomic E-state index is 0.245. The third kappa shape index (κ3) is 2.45. The largest absolute Gasteiger partial charge is 0.300 e. The second kappa shape index (κ2) is 4.64. The summed E-state index contributed by atoms with van der Waals surface area (Å²) in [6, 6.07) is 6.50. The second-order valence-corrected chi connectivity index (χ2v) is 2.26. The highest BCUT2D eigenvalue weighted by Crippen LogP contribution is 2.07. The molecule has 0 atom stereocenters. The summed E-state index contributed by atoms with van der Waals surface area (Å²) in [6.45, 7) is 0.286. The van der Waals surface area contributed by atoms with E-state index in [1.807, 2.05) is 0 Å². The Labute approximate surface area is 70.4 Å². The molecule has 0 spiro atoms. The van der Waals surface area contributed by atoms with E-state index < -0.39 is 0 Å². The molecule has 0 radical (unpaired) electrons. The molecule has 1 aromatic rings. The van der Waals surface area contributed by atoms with Gasteiger partial charge in [0.15, 0.2) is 0 Å². The molecule has 0 bridgehead atoms. The van der Waals surface area contributed by atoms with Crippen LogP contribution in [-0.4, -0.2) is 6.61 Å². The van der Waals surface area contributed by atoms with Crippen LogP contribution in [0.15, 0.2) is 30.3 Å². The van der Waals surface area contributed by atoms with E-state index in [0.717, 1.165) is 0 Å². The van der Waals surface area contributed by atoms with Crippen LogP contribution in [0.1, 0.15) is 5.56 Å². The van der Waals surface area contributed by atoms with E-state index in [9.17, 15) is 4.39 Å². The summed E-state index contributed by atoms with van der Waals surface area (Å²) in [5.41, 5.74) is 0.537. The molecule has 0 aliphatic heterocycles. The van der Waals surface area contributed by atoms with Gasteiger partial charge in [-0.1, -0.05) is 30.4 Å². The Bertz CT molecular complexity index is 273. The lowest BCUT2D eigenvalue weighted by molar-refractivity contribution is 0.168. The van der Waals surface area contributed by atoms with Gasteiger partial charge in [-0.15, -0.1) is 0 Å². The fraction of sp³-hybridized carbons (Fsp3) is 0.111. The summed E-state index contributed by atoms with van der Waals surface area (Å²) in [5.74, 6) is 4.54. The summed E-state index contributed by atoms with van der Waals surface area (Å²) in [5, 5.41) is 0. The molecule has 0 saturated carbocycles. The van der Waals surface area contributed by atoms with Crippen LogP contribution < -0.4 is 5.90 Å². The van der Waals surface area contributed by atoms with E-state index in [4.69, 9.17) is 5.90 Å². The maximum absolute atomic E-state index is 12.9. The number of rotatable bonds is 3. The van der Waals surface area contributed by atoms with Gasteiger partial charge in [-0.3, -0.25) is 0 Å². The van der Waals surface area contributed by atoms with Crippen LogP contribution in [0.3, 0.4) is 0 Å². The SMILES string of the molecule is NOC/C=C/c1ccccc1F. The zero-order valence-corrected chi connectivity index (χ0v) is 6.53. The van der Waals surface area contributed by atoms with E-state index in [0.29, 0.717) is 5.56 Å². The fourth-order valence-corrected chi connectivity index (χ4v) is 0.841. The highest BCUT2D eigenvalue weighted by atomic mass is 19.1. The third-order valence-corrected chi connectivity index (χ3v) is 1.40. The van der Waals surface area contributed by atoms with Crippen LogP contribution in [0, 0.1) is 5.82 Å². The zero-order valence-electron chi connectivity index (χ0n) is 6.53. The van der Waals surface area contributed by atoms with Gasteiger partial charge in [0, 0.05) is 5.56 Å². The molecular weight excluding hydrogens is 157 g/mol. The molecule has 2 N–H and O–H groups in total. The lowest BCUT2D eigenvalue weighted by Gasteiger charge is -1.94. The molecule has 64 valence electrons. The molecule has 0 unspecified atom stereocenters. The van der Waals surface area contributed by atoms with Gasteiger partial charge in [-0.05, 0) is 6.07 Å². The topological polar surface area (TPSA) is 35.2 Å². The van der Waals surface area contributed by atoms with E-state index in [1.165, 1.54) is 6.07 Å². The zero-order chi connectivity index (χ0) is 8.81. The van der Waals surface area contributed by atoms with Crippen LogP contribution in [-0.2, 0) is 4.84 Å². The maximum Gasteiger partial charge on any atom is 0.130 e. The molecule has 0 fully saturated rings. The Kier molecular flexibility index (Phi) is 3.44. The van der Waals surface area contributed by atoms with E-state index in [-0.39, 0.29) is 12.4 Å². The molecule has 0 amide bonds. The Hall–Kier alpha value is -1.19. The van der Waals surface area contributed by atoms with Crippen LogP contribution >= 0.6 is 0 Å². The monoisotopic (exact) mass is 167 g/mol. The summed E-state index contributed by atoms with van der Waals surface area (Å²) >= 11 is 0. The quantitative estimate of drug-likeness (QED) is 0.696. The normalized spacial score (nSPS) is 10.8. The minimum Gasteiger partial charge on any atom is -0.300 e. The van der Waals surface area contributed by atoms with Gasteiger partial charge in [-0.25, -0.2) is 10.3 Å². The number of hydrogen-bond acceptors (Lipinski definition) is 2. The first-order valence-corrected chi connectivity index (χ1v) is 3.57. The second-order valence-electron chi connectivity index (χ2n) is 2.26. The van der Waals surface area contributed by atoms with Crippen LogP contribution in [0.25, 0.3) is 6.08 Å². The standard InChI is InChI=1S/C9H10FNO/c10-9-6-2-1-4-8(9)5-3-7-12-11/h1-6H,7,11H2/b5-3+. The van der Waals surface area contributed by atoms with Gasteiger partial charge < -0.3 is 4.84 Å². The van der Waals surface area contributed by atoms with Crippen LogP contribution in [0.5, 0.6) is 0 Å². The maximum atomic E-state index is 12.9. The van der Waals surface area contributed by atoms with Crippen LogP contribution in [0.4, 0.5) is 4.39 Å². The summed E-state index contributed by atoms with van der Waals surface area (Å²) in [6.07, 6.45) is 3.28. The predicted molar refractivity (Wildman–Crippen MR) is 45.6 cm³/mol. The van der Waals surface area contributed by atoms with Crippen molar-refractivity contribution in [1.82, 2.24) is 0 Å². The van der Waals surface area contributed by atoms with Crippen molar-refractivity contribution in [2.24, 2.45) is 5.90 Å². The lowest BCUT2D eigenvalue weighted by Crippen LogP contribution is -1.97. The molecule has 0 saturated heterocycles. The van der Waals surface area contributed by atoms with Gasteiger partial charge in [0.2, 0.25) is 0 Å². The first-order valence-electron chi connectivity index (χ1n) is 3.57. The molecule has 0 aliphatic carbocycles. The number of nitrogens with two attached hydrogens (primary N) is 1. The van der Waals surface area contributed by atoms with Gasteiger partial charge in [0.25, 0.3) is 0 Å². The molecule has 3 heteroatoms. The number of halogens is 1. The Morgan fingerprint density at radius 3 is 2.83 bits per heavy atom. The van der Waals surface area contributed by atoms with Gasteiger partial charge in [0.1, 0.15) is 5.82 Å². The van der Waals surface area contributed by atoms with Gasteiger partial charge in [0.05, 0.1) is 6.61 Å². The van der Waals surface area contributed by atoms with E-state index in [1.54, 1.807) is 30.4 Å². The van der Waals surface area contributed by atoms with Crippen molar-refractivity contribution in [2.45, 2.75) is 0 Å². The smallest absolute Gasteiger partial charge is 0.130 e. The summed E-state index contributed by atoms with van der Waals surface area (Å²) < 4.78 is 12.9. The van der Waals surface area contributed by atoms with Crippen LogP contribution in [0.2, 0.25) is 0 Å². The summed E-state index contributed by atoms with van der Waals surface area (Å²) in [7, 11) is 0. The average molecular weight is 167 g/mol. The Balaban J connectivity index is 2.68. The molecule has 1 aromatic carbocycles. The van der Waals surface area contributed by atoms with E-state index >= 15 is 0 Å². The highest BCUT2D eigenvalue weighted by molar-refractivity contribution is 5.49. The molecule has 12 heavy (non-hydrogen) atoms. The average Bonchev–Trinajstić information content (AvgIpc) is 2.09. The first kappa shape index (κ1) is 8.90. The molecule has 1 rings (SSSR count). The fourth-order valence-electron chi connectivity index (χ4n) is 0.841. The van der Waals surface area contributed by atoms with Crippen molar-refractivity contribution in [3.05, 3.63) is 41.7 Å². The van der Waals surface area contributed by atoms with Gasteiger partial charge >= 0.3 is 0 Å². The highest BCUT2D eigenvalue weighted by Gasteiger charge is 1.93. The molecule has 2 nitrogen and oxygen atoms in total. The van der Waals surface area contributed by atoms with Gasteiger partial charge in [-0.2, -0.15) is 0 Å². The predicted octanol–water partition coefficient (Wildman–Crippen LogP) is 1.73. The van der Waals surface area contributed by atoms with Crippen molar-refractivity contribution in [2.75, 3.05) is 6.61 Å². The van der Waals surface area contributed by atoms with Crippen molar-refractivity contribution in [3.8, 4) is 0 Å². The van der Waals surface area contributed by atoms with Crippen molar-refractivity contribution in [1.29, 1.82) is 0 Å². The summed E-state index contributed by atoms with van der Waals surface area (Å²) in [4.78, 5) is 4.29. The first-order chi connectivity index (χ1) is 5.84. The molecule has 0 heterocycles. The Morgan fingerprint density at radius 2 is 2.17 bits per heavy atom. The number of benzene rings is 1. The third-order valence-electron chi connectivity index (χ3n) is 1.40. The molecule has 0 aliphatic rings.